The molecule has 2 aromatic rings. The third-order valence-electron chi connectivity index (χ3n) is 4.99. The van der Waals surface area contributed by atoms with Gasteiger partial charge in [0, 0.05) is 17.0 Å². The number of aliphatic carboxylic acids is 1. The lowest BCUT2D eigenvalue weighted by molar-refractivity contribution is -0.145. The molecular weight excluding hydrogens is 512 g/mol. The van der Waals surface area contributed by atoms with E-state index in [9.17, 15) is 19.5 Å². The summed E-state index contributed by atoms with van der Waals surface area (Å²) in [5.74, 6) is -1.48. The molecule has 0 spiro atoms. The fourth-order valence-electron chi connectivity index (χ4n) is 3.31. The highest BCUT2D eigenvalue weighted by Gasteiger charge is 2.40. The van der Waals surface area contributed by atoms with Gasteiger partial charge in [0.05, 0.1) is 11.5 Å². The molecule has 0 aromatic heterocycles. The van der Waals surface area contributed by atoms with Gasteiger partial charge in [0.1, 0.15) is 17.0 Å². The molecule has 35 heavy (non-hydrogen) atoms. The summed E-state index contributed by atoms with van der Waals surface area (Å²) in [5, 5.41) is 10.2. The van der Waals surface area contributed by atoms with Crippen molar-refractivity contribution in [1.82, 2.24) is 4.90 Å². The summed E-state index contributed by atoms with van der Waals surface area (Å²) < 4.78 is 11.7. The molecule has 2 aromatic carbocycles. The third kappa shape index (κ3) is 6.74. The fraction of sp³-hybridized carbons (Fsp3) is 0.250. The Hall–Kier alpha value is -3.08. The maximum atomic E-state index is 13.0. The van der Waals surface area contributed by atoms with Gasteiger partial charge >= 0.3 is 5.97 Å². The van der Waals surface area contributed by atoms with Crippen LogP contribution < -0.4 is 15.2 Å². The van der Waals surface area contributed by atoms with Gasteiger partial charge in [-0.05, 0) is 43.2 Å². The largest absolute Gasteiger partial charge is 0.490 e. The number of carbonyl (C=O) groups excluding carboxylic acids is 2. The van der Waals surface area contributed by atoms with Crippen molar-refractivity contribution in [2.45, 2.75) is 32.4 Å². The third-order valence-corrected chi connectivity index (χ3v) is 6.69. The number of benzene rings is 2. The van der Waals surface area contributed by atoms with Crippen molar-refractivity contribution in [1.29, 1.82) is 0 Å². The van der Waals surface area contributed by atoms with E-state index in [1.807, 2.05) is 25.1 Å². The molecular formula is C24H23ClN2O6S2. The Kier molecular flexibility index (Phi) is 9.13. The maximum absolute atomic E-state index is 13.0. The van der Waals surface area contributed by atoms with E-state index in [1.54, 1.807) is 30.3 Å². The topological polar surface area (TPSA) is 119 Å². The van der Waals surface area contributed by atoms with Crippen LogP contribution in [0.4, 0.5) is 0 Å². The number of carboxylic acid groups (broad SMARTS) is 1. The number of nitrogens with zero attached hydrogens (tertiary/aromatic N) is 1. The summed E-state index contributed by atoms with van der Waals surface area (Å²) in [6.45, 7) is 2.49. The molecule has 0 saturated carbocycles. The number of carboxylic acids is 1. The van der Waals surface area contributed by atoms with Crippen molar-refractivity contribution >= 4 is 63.8 Å². The Morgan fingerprint density at radius 2 is 1.97 bits per heavy atom. The van der Waals surface area contributed by atoms with Crippen LogP contribution in [0.2, 0.25) is 5.02 Å². The number of carbonyl (C=O) groups is 3. The van der Waals surface area contributed by atoms with Crippen molar-refractivity contribution < 1.29 is 29.0 Å². The SMILES string of the molecule is CCOc1cc(/C=C2\SC(=S)N(C(CCC(N)=O)C(=O)O)C2=O)ccc1OCc1ccccc1Cl. The number of ether oxygens (including phenoxy) is 2. The minimum absolute atomic E-state index is 0.0999. The Labute approximate surface area is 217 Å². The van der Waals surface area contributed by atoms with Crippen molar-refractivity contribution in [2.75, 3.05) is 6.61 Å². The van der Waals surface area contributed by atoms with Crippen molar-refractivity contribution in [3.05, 3.63) is 63.5 Å². The Bertz CT molecular complexity index is 1190. The van der Waals surface area contributed by atoms with Crippen LogP contribution in [-0.2, 0) is 21.0 Å². The molecule has 0 aliphatic carbocycles. The molecule has 1 saturated heterocycles. The number of nitrogens with two attached hydrogens (primary N) is 1. The Morgan fingerprint density at radius 3 is 2.63 bits per heavy atom. The van der Waals surface area contributed by atoms with Crippen LogP contribution in [0.5, 0.6) is 11.5 Å². The van der Waals surface area contributed by atoms with Crippen molar-refractivity contribution in [3.63, 3.8) is 0 Å². The molecule has 8 nitrogen and oxygen atoms in total. The highest BCUT2D eigenvalue weighted by Crippen LogP contribution is 2.37. The minimum Gasteiger partial charge on any atom is -0.490 e. The number of thioether (sulfide) groups is 1. The molecule has 1 aliphatic rings. The van der Waals surface area contributed by atoms with E-state index in [-0.39, 0.29) is 28.7 Å². The van der Waals surface area contributed by atoms with E-state index in [4.69, 9.17) is 39.0 Å². The van der Waals surface area contributed by atoms with Crippen molar-refractivity contribution in [3.8, 4) is 11.5 Å². The molecule has 3 rings (SSSR count). The van der Waals surface area contributed by atoms with E-state index in [2.05, 4.69) is 0 Å². The quantitative estimate of drug-likeness (QED) is 0.324. The van der Waals surface area contributed by atoms with E-state index in [0.29, 0.717) is 28.7 Å². The Balaban J connectivity index is 1.81. The fourth-order valence-corrected chi connectivity index (χ4v) is 4.86. The van der Waals surface area contributed by atoms with Gasteiger partial charge in [0.15, 0.2) is 11.5 Å². The van der Waals surface area contributed by atoms with Crippen molar-refractivity contribution in [2.24, 2.45) is 5.73 Å². The summed E-state index contributed by atoms with van der Waals surface area (Å²) in [4.78, 5) is 37.1. The molecule has 1 fully saturated rings. The number of amides is 2. The van der Waals surface area contributed by atoms with E-state index in [0.717, 1.165) is 22.2 Å². The second-order valence-corrected chi connectivity index (χ2v) is 9.51. The number of hydrogen-bond donors (Lipinski definition) is 2. The molecule has 2 amide bonds. The van der Waals surface area contributed by atoms with Crippen LogP contribution in [0.3, 0.4) is 0 Å². The molecule has 1 aliphatic heterocycles. The predicted molar refractivity (Wildman–Crippen MR) is 138 cm³/mol. The Morgan fingerprint density at radius 1 is 1.23 bits per heavy atom. The molecule has 11 heteroatoms. The van der Waals surface area contributed by atoms with Gasteiger partial charge in [-0.1, -0.05) is 59.8 Å². The van der Waals surface area contributed by atoms with Crippen LogP contribution >= 0.6 is 35.6 Å². The lowest BCUT2D eigenvalue weighted by atomic mass is 10.1. The molecule has 0 radical (unpaired) electrons. The highest BCUT2D eigenvalue weighted by atomic mass is 35.5. The molecule has 0 bridgehead atoms. The number of primary amides is 1. The predicted octanol–water partition coefficient (Wildman–Crippen LogP) is 4.24. The highest BCUT2D eigenvalue weighted by molar-refractivity contribution is 8.26. The molecule has 1 heterocycles. The average molecular weight is 535 g/mol. The first-order valence-corrected chi connectivity index (χ1v) is 12.2. The van der Waals surface area contributed by atoms with Gasteiger partial charge in [0.25, 0.3) is 5.91 Å². The second kappa shape index (κ2) is 12.1. The van der Waals surface area contributed by atoms with Crippen LogP contribution in [0.25, 0.3) is 6.08 Å². The number of hydrogen-bond acceptors (Lipinski definition) is 7. The number of halogens is 1. The zero-order chi connectivity index (χ0) is 25.5. The van der Waals surface area contributed by atoms with Crippen LogP contribution in [0.15, 0.2) is 47.4 Å². The molecule has 1 unspecified atom stereocenters. The molecule has 184 valence electrons. The minimum atomic E-state index is -1.28. The van der Waals surface area contributed by atoms with Crippen LogP contribution in [0, 0.1) is 0 Å². The first kappa shape index (κ1) is 26.5. The van der Waals surface area contributed by atoms with Gasteiger partial charge in [-0.25, -0.2) is 4.79 Å². The lowest BCUT2D eigenvalue weighted by Crippen LogP contribution is -2.44. The monoisotopic (exact) mass is 534 g/mol. The summed E-state index contributed by atoms with van der Waals surface area (Å²) in [6, 6.07) is 11.3. The summed E-state index contributed by atoms with van der Waals surface area (Å²) >= 11 is 12.4. The summed E-state index contributed by atoms with van der Waals surface area (Å²) in [6.07, 6.45) is 1.30. The van der Waals surface area contributed by atoms with Crippen LogP contribution in [0.1, 0.15) is 30.9 Å². The van der Waals surface area contributed by atoms with Gasteiger partial charge in [-0.2, -0.15) is 0 Å². The van der Waals surface area contributed by atoms with E-state index < -0.39 is 23.8 Å². The standard InChI is InChI=1S/C24H23ClN2O6S2/c1-2-32-19-11-14(7-9-18(19)33-13-15-5-3-4-6-16(15)25)12-20-22(29)27(24(34)35-20)17(23(30)31)8-10-21(26)28/h3-7,9,11-12,17H,2,8,10,13H2,1H3,(H2,26,28)(H,30,31)/b20-12-. The normalized spacial score (nSPS) is 15.4. The zero-order valence-corrected chi connectivity index (χ0v) is 21.1. The van der Waals surface area contributed by atoms with Gasteiger partial charge in [-0.3, -0.25) is 14.5 Å². The smallest absolute Gasteiger partial charge is 0.326 e. The number of rotatable bonds is 11. The maximum Gasteiger partial charge on any atom is 0.326 e. The van der Waals surface area contributed by atoms with Gasteiger partial charge in [-0.15, -0.1) is 0 Å². The van der Waals surface area contributed by atoms with E-state index >= 15 is 0 Å². The first-order chi connectivity index (χ1) is 16.7. The molecule has 3 N–H and O–H groups in total. The zero-order valence-electron chi connectivity index (χ0n) is 18.7. The first-order valence-electron chi connectivity index (χ1n) is 10.6. The van der Waals surface area contributed by atoms with Gasteiger partial charge < -0.3 is 20.3 Å². The van der Waals surface area contributed by atoms with E-state index in [1.165, 1.54) is 0 Å². The average Bonchev–Trinajstić information content (AvgIpc) is 3.07. The van der Waals surface area contributed by atoms with Crippen LogP contribution in [-0.4, -0.2) is 44.8 Å². The lowest BCUT2D eigenvalue weighted by Gasteiger charge is -2.22. The van der Waals surface area contributed by atoms with Gasteiger partial charge in [0.2, 0.25) is 5.91 Å². The summed E-state index contributed by atoms with van der Waals surface area (Å²) in [7, 11) is 0. The number of thiocarbonyl (C=S) groups is 1. The molecule has 1 atom stereocenters. The summed E-state index contributed by atoms with van der Waals surface area (Å²) in [5.41, 5.74) is 6.61. The second-order valence-electron chi connectivity index (χ2n) is 7.43.